The van der Waals surface area contributed by atoms with Crippen molar-refractivity contribution in [1.82, 2.24) is 9.88 Å². The van der Waals surface area contributed by atoms with Gasteiger partial charge in [0.25, 0.3) is 5.91 Å². The molecule has 1 N–H and O–H groups in total. The average molecular weight is 408 g/mol. The summed E-state index contributed by atoms with van der Waals surface area (Å²) in [5.74, 6) is -0.126. The van der Waals surface area contributed by atoms with Gasteiger partial charge in [0.15, 0.2) is 5.13 Å². The number of hydrogen-bond donors (Lipinski definition) is 1. The summed E-state index contributed by atoms with van der Waals surface area (Å²) >= 11 is 1.55. The van der Waals surface area contributed by atoms with Crippen molar-refractivity contribution in [2.24, 2.45) is 0 Å². The largest absolute Gasteiger partial charge is 0.379 e. The fourth-order valence-corrected chi connectivity index (χ4v) is 4.37. The summed E-state index contributed by atoms with van der Waals surface area (Å²) in [6.45, 7) is 8.22. The van der Waals surface area contributed by atoms with Crippen molar-refractivity contribution in [2.75, 3.05) is 31.6 Å². The quantitative estimate of drug-likeness (QED) is 0.676. The minimum atomic E-state index is -0.126. The zero-order valence-corrected chi connectivity index (χ0v) is 17.6. The topological polar surface area (TPSA) is 54.5 Å². The van der Waals surface area contributed by atoms with Gasteiger partial charge in [-0.1, -0.05) is 47.7 Å². The predicted octanol–water partition coefficient (Wildman–Crippen LogP) is 4.51. The molecule has 0 saturated carbocycles. The van der Waals surface area contributed by atoms with Gasteiger partial charge >= 0.3 is 0 Å². The van der Waals surface area contributed by atoms with E-state index in [1.807, 2.05) is 50.2 Å². The molecule has 1 fully saturated rings. The van der Waals surface area contributed by atoms with E-state index in [9.17, 15) is 4.79 Å². The van der Waals surface area contributed by atoms with Crippen molar-refractivity contribution in [3.05, 3.63) is 70.1 Å². The molecule has 1 aliphatic rings. The Morgan fingerprint density at radius 1 is 1.10 bits per heavy atom. The SMILES string of the molecule is Cc1ccc(C(=O)Nc2nc(-c3ccccc3)c(CN3CCOCC3)s2)cc1C. The second-order valence-electron chi connectivity index (χ2n) is 7.30. The lowest BCUT2D eigenvalue weighted by Gasteiger charge is -2.26. The van der Waals surface area contributed by atoms with Crippen LogP contribution in [0.1, 0.15) is 26.4 Å². The Hall–Kier alpha value is -2.54. The summed E-state index contributed by atoms with van der Waals surface area (Å²) in [6, 6.07) is 15.9. The number of aryl methyl sites for hydroxylation is 2. The van der Waals surface area contributed by atoms with Crippen molar-refractivity contribution in [1.29, 1.82) is 0 Å². The van der Waals surface area contributed by atoms with Crippen LogP contribution in [0.3, 0.4) is 0 Å². The molecular formula is C23H25N3O2S. The van der Waals surface area contributed by atoms with E-state index < -0.39 is 0 Å². The smallest absolute Gasteiger partial charge is 0.257 e. The van der Waals surface area contributed by atoms with Gasteiger partial charge in [0, 0.05) is 35.6 Å². The molecule has 2 heterocycles. The molecule has 0 radical (unpaired) electrons. The van der Waals surface area contributed by atoms with Gasteiger partial charge in [-0.2, -0.15) is 0 Å². The standard InChI is InChI=1S/C23H25N3O2S/c1-16-8-9-19(14-17(16)2)22(27)25-23-24-21(18-6-4-3-5-7-18)20(29-23)15-26-10-12-28-13-11-26/h3-9,14H,10-13,15H2,1-2H3,(H,24,25,27). The number of ether oxygens (including phenoxy) is 1. The average Bonchev–Trinajstić information content (AvgIpc) is 3.13. The van der Waals surface area contributed by atoms with Crippen molar-refractivity contribution in [3.8, 4) is 11.3 Å². The van der Waals surface area contributed by atoms with Crippen molar-refractivity contribution in [2.45, 2.75) is 20.4 Å². The van der Waals surface area contributed by atoms with Gasteiger partial charge < -0.3 is 4.74 Å². The lowest BCUT2D eigenvalue weighted by atomic mass is 10.1. The van der Waals surface area contributed by atoms with Crippen molar-refractivity contribution < 1.29 is 9.53 Å². The Bertz CT molecular complexity index is 995. The highest BCUT2D eigenvalue weighted by atomic mass is 32.1. The number of hydrogen-bond acceptors (Lipinski definition) is 5. The summed E-state index contributed by atoms with van der Waals surface area (Å²) in [5.41, 5.74) is 4.94. The minimum absolute atomic E-state index is 0.126. The van der Waals surface area contributed by atoms with E-state index in [0.29, 0.717) is 10.7 Å². The molecule has 0 unspecified atom stereocenters. The number of nitrogens with zero attached hydrogens (tertiary/aromatic N) is 2. The third-order valence-corrected chi connectivity index (χ3v) is 6.16. The Morgan fingerprint density at radius 3 is 2.59 bits per heavy atom. The molecule has 4 rings (SSSR count). The van der Waals surface area contributed by atoms with E-state index >= 15 is 0 Å². The zero-order valence-electron chi connectivity index (χ0n) is 16.8. The summed E-state index contributed by atoms with van der Waals surface area (Å²) in [6.07, 6.45) is 0. The number of amides is 1. The molecule has 6 heteroatoms. The van der Waals surface area contributed by atoms with Crippen LogP contribution < -0.4 is 5.32 Å². The number of thiazole rings is 1. The first-order valence-electron chi connectivity index (χ1n) is 9.84. The molecule has 3 aromatic rings. The maximum absolute atomic E-state index is 12.8. The van der Waals surface area contributed by atoms with Gasteiger partial charge in [0.1, 0.15) is 0 Å². The molecule has 1 aromatic heterocycles. The molecule has 0 bridgehead atoms. The molecule has 0 atom stereocenters. The summed E-state index contributed by atoms with van der Waals surface area (Å²) in [5, 5.41) is 3.63. The molecule has 29 heavy (non-hydrogen) atoms. The van der Waals surface area contributed by atoms with E-state index in [1.54, 1.807) is 11.3 Å². The molecule has 2 aromatic carbocycles. The Kier molecular flexibility index (Phi) is 6.04. The molecule has 0 aliphatic carbocycles. The van der Waals surface area contributed by atoms with E-state index in [1.165, 1.54) is 5.56 Å². The zero-order chi connectivity index (χ0) is 20.2. The molecular weight excluding hydrogens is 382 g/mol. The summed E-state index contributed by atoms with van der Waals surface area (Å²) < 4.78 is 5.47. The van der Waals surface area contributed by atoms with E-state index in [0.717, 1.165) is 54.5 Å². The lowest BCUT2D eigenvalue weighted by molar-refractivity contribution is 0.0347. The third-order valence-electron chi connectivity index (χ3n) is 5.21. The van der Waals surface area contributed by atoms with Gasteiger partial charge in [-0.25, -0.2) is 4.98 Å². The summed E-state index contributed by atoms with van der Waals surface area (Å²) in [7, 11) is 0. The monoisotopic (exact) mass is 407 g/mol. The highest BCUT2D eigenvalue weighted by molar-refractivity contribution is 7.16. The second-order valence-corrected chi connectivity index (χ2v) is 8.38. The van der Waals surface area contributed by atoms with E-state index in [-0.39, 0.29) is 5.91 Å². The summed E-state index contributed by atoms with van der Waals surface area (Å²) in [4.78, 5) is 21.1. The number of anilines is 1. The van der Waals surface area contributed by atoms with Crippen LogP contribution in [-0.4, -0.2) is 42.1 Å². The Morgan fingerprint density at radius 2 is 1.86 bits per heavy atom. The van der Waals surface area contributed by atoms with Crippen LogP contribution in [0.4, 0.5) is 5.13 Å². The Labute approximate surface area is 175 Å². The maximum atomic E-state index is 12.8. The van der Waals surface area contributed by atoms with Crippen LogP contribution in [0.5, 0.6) is 0 Å². The molecule has 150 valence electrons. The molecule has 1 saturated heterocycles. The highest BCUT2D eigenvalue weighted by Crippen LogP contribution is 2.32. The molecule has 5 nitrogen and oxygen atoms in total. The number of rotatable bonds is 5. The van der Waals surface area contributed by atoms with Crippen LogP contribution in [0.2, 0.25) is 0 Å². The van der Waals surface area contributed by atoms with Gasteiger partial charge in [0.05, 0.1) is 18.9 Å². The minimum Gasteiger partial charge on any atom is -0.379 e. The fraction of sp³-hybridized carbons (Fsp3) is 0.304. The first kappa shape index (κ1) is 19.8. The van der Waals surface area contributed by atoms with Crippen LogP contribution >= 0.6 is 11.3 Å². The lowest BCUT2D eigenvalue weighted by Crippen LogP contribution is -2.35. The molecule has 1 amide bonds. The number of carbonyl (C=O) groups is 1. The van der Waals surface area contributed by atoms with Crippen LogP contribution in [0, 0.1) is 13.8 Å². The van der Waals surface area contributed by atoms with Crippen LogP contribution in [0.25, 0.3) is 11.3 Å². The third kappa shape index (κ3) is 4.72. The van der Waals surface area contributed by atoms with Crippen LogP contribution in [0.15, 0.2) is 48.5 Å². The number of nitrogens with one attached hydrogen (secondary N) is 1. The number of morpholine rings is 1. The first-order chi connectivity index (χ1) is 14.1. The van der Waals surface area contributed by atoms with Gasteiger partial charge in [-0.05, 0) is 37.1 Å². The normalized spacial score (nSPS) is 14.7. The predicted molar refractivity (Wildman–Crippen MR) is 118 cm³/mol. The number of aromatic nitrogens is 1. The Balaban J connectivity index is 1.59. The van der Waals surface area contributed by atoms with E-state index in [2.05, 4.69) is 22.3 Å². The van der Waals surface area contributed by atoms with Crippen molar-refractivity contribution in [3.63, 3.8) is 0 Å². The van der Waals surface area contributed by atoms with Gasteiger partial charge in [0.2, 0.25) is 0 Å². The van der Waals surface area contributed by atoms with Gasteiger partial charge in [-0.3, -0.25) is 15.0 Å². The van der Waals surface area contributed by atoms with Gasteiger partial charge in [-0.15, -0.1) is 0 Å². The van der Waals surface area contributed by atoms with Crippen LogP contribution in [-0.2, 0) is 11.3 Å². The molecule has 0 spiro atoms. The first-order valence-corrected chi connectivity index (χ1v) is 10.7. The maximum Gasteiger partial charge on any atom is 0.257 e. The number of benzene rings is 2. The second kappa shape index (κ2) is 8.86. The van der Waals surface area contributed by atoms with E-state index in [4.69, 9.17) is 9.72 Å². The fourth-order valence-electron chi connectivity index (χ4n) is 3.35. The van der Waals surface area contributed by atoms with Crippen molar-refractivity contribution >= 4 is 22.4 Å². The highest BCUT2D eigenvalue weighted by Gasteiger charge is 2.19. The molecule has 1 aliphatic heterocycles. The number of carbonyl (C=O) groups excluding carboxylic acids is 1.